The molecule has 1 unspecified atom stereocenters. The summed E-state index contributed by atoms with van der Waals surface area (Å²) in [6.45, 7) is 4.31. The van der Waals surface area contributed by atoms with Crippen molar-refractivity contribution in [1.82, 2.24) is 5.32 Å². The summed E-state index contributed by atoms with van der Waals surface area (Å²) in [4.78, 5) is 12.0. The zero-order chi connectivity index (χ0) is 13.5. The molecule has 0 radical (unpaired) electrons. The Kier molecular flexibility index (Phi) is 5.36. The molecule has 0 saturated carbocycles. The van der Waals surface area contributed by atoms with Crippen LogP contribution in [0.15, 0.2) is 24.3 Å². The monoisotopic (exact) mass is 262 g/mol. The number of carbonyl (C=O) groups excluding carboxylic acids is 1. The van der Waals surface area contributed by atoms with Crippen molar-refractivity contribution in [3.63, 3.8) is 0 Å². The fourth-order valence-corrected chi connectivity index (χ4v) is 2.31. The molecule has 104 valence electrons. The molecule has 1 amide bonds. The van der Waals surface area contributed by atoms with Crippen molar-refractivity contribution in [3.8, 4) is 0 Å². The molecule has 1 saturated heterocycles. The van der Waals surface area contributed by atoms with Gasteiger partial charge in [-0.3, -0.25) is 4.79 Å². The van der Waals surface area contributed by atoms with Crippen LogP contribution >= 0.6 is 0 Å². The Morgan fingerprint density at radius 1 is 1.47 bits per heavy atom. The van der Waals surface area contributed by atoms with Crippen molar-refractivity contribution >= 4 is 11.6 Å². The molecule has 1 atom stereocenters. The summed E-state index contributed by atoms with van der Waals surface area (Å²) in [6.07, 6.45) is 2.52. The van der Waals surface area contributed by atoms with E-state index in [1.807, 2.05) is 18.2 Å². The van der Waals surface area contributed by atoms with E-state index in [1.165, 1.54) is 5.56 Å². The molecule has 2 rings (SSSR count). The summed E-state index contributed by atoms with van der Waals surface area (Å²) in [6, 6.07) is 8.13. The van der Waals surface area contributed by atoms with Crippen LogP contribution in [0, 0.1) is 0 Å². The smallest absolute Gasteiger partial charge is 0.226 e. The molecule has 0 spiro atoms. The van der Waals surface area contributed by atoms with Gasteiger partial charge in [-0.05, 0) is 18.1 Å². The van der Waals surface area contributed by atoms with E-state index in [0.717, 1.165) is 31.7 Å². The number of para-hydroxylation sites is 1. The first-order valence-corrected chi connectivity index (χ1v) is 6.98. The van der Waals surface area contributed by atoms with Gasteiger partial charge in [0.2, 0.25) is 5.91 Å². The third kappa shape index (κ3) is 4.33. The van der Waals surface area contributed by atoms with E-state index in [-0.39, 0.29) is 11.9 Å². The maximum atomic E-state index is 12.0. The summed E-state index contributed by atoms with van der Waals surface area (Å²) in [5.74, 6) is 0.0477. The Morgan fingerprint density at radius 2 is 2.32 bits per heavy atom. The van der Waals surface area contributed by atoms with Crippen LogP contribution in [0.1, 0.15) is 25.3 Å². The quantitative estimate of drug-likeness (QED) is 0.853. The molecular weight excluding hydrogens is 240 g/mol. The van der Waals surface area contributed by atoms with Crippen LogP contribution in [0.3, 0.4) is 0 Å². The Balaban J connectivity index is 1.90. The number of carbonyl (C=O) groups is 1. The van der Waals surface area contributed by atoms with Crippen LogP contribution < -0.4 is 10.6 Å². The van der Waals surface area contributed by atoms with Crippen LogP contribution in [0.4, 0.5) is 5.69 Å². The van der Waals surface area contributed by atoms with Gasteiger partial charge in [-0.2, -0.15) is 0 Å². The first kappa shape index (κ1) is 14.0. The molecule has 4 nitrogen and oxygen atoms in total. The average Bonchev–Trinajstić information content (AvgIpc) is 2.42. The zero-order valence-electron chi connectivity index (χ0n) is 11.4. The van der Waals surface area contributed by atoms with Gasteiger partial charge in [0.25, 0.3) is 0 Å². The van der Waals surface area contributed by atoms with Gasteiger partial charge in [0.1, 0.15) is 0 Å². The predicted octanol–water partition coefficient (Wildman–Crippen LogP) is 1.96. The van der Waals surface area contributed by atoms with Crippen LogP contribution in [-0.2, 0) is 16.0 Å². The molecule has 0 aromatic heterocycles. The molecule has 1 aliphatic rings. The lowest BCUT2D eigenvalue weighted by molar-refractivity contribution is -0.117. The van der Waals surface area contributed by atoms with Crippen molar-refractivity contribution in [2.45, 2.75) is 32.2 Å². The highest BCUT2D eigenvalue weighted by Crippen LogP contribution is 2.17. The van der Waals surface area contributed by atoms with Gasteiger partial charge >= 0.3 is 0 Å². The molecule has 4 heteroatoms. The van der Waals surface area contributed by atoms with Crippen molar-refractivity contribution in [2.24, 2.45) is 0 Å². The number of nitrogens with one attached hydrogen (secondary N) is 2. The number of anilines is 1. The van der Waals surface area contributed by atoms with Crippen LogP contribution in [0.5, 0.6) is 0 Å². The largest absolute Gasteiger partial charge is 0.378 e. The molecule has 1 aliphatic heterocycles. The van der Waals surface area contributed by atoms with E-state index in [0.29, 0.717) is 13.0 Å². The lowest BCUT2D eigenvalue weighted by atomic mass is 10.1. The fourth-order valence-electron chi connectivity index (χ4n) is 2.31. The van der Waals surface area contributed by atoms with Crippen molar-refractivity contribution in [1.29, 1.82) is 0 Å². The minimum Gasteiger partial charge on any atom is -0.378 e. The Labute approximate surface area is 114 Å². The zero-order valence-corrected chi connectivity index (χ0v) is 11.4. The fraction of sp³-hybridized carbons (Fsp3) is 0.533. The summed E-state index contributed by atoms with van der Waals surface area (Å²) >= 11 is 0. The second-order valence-electron chi connectivity index (χ2n) is 4.89. The third-order valence-electron chi connectivity index (χ3n) is 3.24. The van der Waals surface area contributed by atoms with Crippen LogP contribution in [-0.4, -0.2) is 31.7 Å². The third-order valence-corrected chi connectivity index (χ3v) is 3.24. The van der Waals surface area contributed by atoms with Gasteiger partial charge < -0.3 is 15.4 Å². The number of hydrogen-bond acceptors (Lipinski definition) is 3. The van der Waals surface area contributed by atoms with E-state index in [4.69, 9.17) is 4.74 Å². The Bertz CT molecular complexity index is 414. The highest BCUT2D eigenvalue weighted by molar-refractivity contribution is 5.91. The Morgan fingerprint density at radius 3 is 3.05 bits per heavy atom. The summed E-state index contributed by atoms with van der Waals surface area (Å²) in [7, 11) is 0. The number of aryl methyl sites for hydroxylation is 1. The summed E-state index contributed by atoms with van der Waals surface area (Å²) in [5.41, 5.74) is 2.14. The second-order valence-corrected chi connectivity index (χ2v) is 4.89. The van der Waals surface area contributed by atoms with E-state index in [9.17, 15) is 4.79 Å². The first-order valence-electron chi connectivity index (χ1n) is 6.98. The van der Waals surface area contributed by atoms with E-state index in [2.05, 4.69) is 23.6 Å². The maximum absolute atomic E-state index is 12.0. The number of ether oxygens (including phenoxy) is 1. The van der Waals surface area contributed by atoms with Crippen molar-refractivity contribution in [3.05, 3.63) is 29.8 Å². The summed E-state index contributed by atoms with van der Waals surface area (Å²) < 4.78 is 5.35. The number of morpholine rings is 1. The van der Waals surface area contributed by atoms with Crippen molar-refractivity contribution < 1.29 is 9.53 Å². The normalized spacial score (nSPS) is 19.1. The van der Waals surface area contributed by atoms with Gasteiger partial charge in [-0.15, -0.1) is 0 Å². The number of amides is 1. The standard InChI is InChI=1S/C15H22N2O2/c1-2-5-12-6-3-4-7-14(12)17-15(18)10-13-11-19-9-8-16-13/h3-4,6-7,13,16H,2,5,8-11H2,1H3,(H,17,18). The molecule has 1 aromatic carbocycles. The molecule has 1 aromatic rings. The summed E-state index contributed by atoms with van der Waals surface area (Å²) in [5, 5.41) is 6.30. The van der Waals surface area contributed by atoms with Crippen LogP contribution in [0.2, 0.25) is 0 Å². The molecule has 0 aliphatic carbocycles. The molecule has 1 fully saturated rings. The highest BCUT2D eigenvalue weighted by atomic mass is 16.5. The minimum atomic E-state index is 0.0477. The van der Waals surface area contributed by atoms with Gasteiger partial charge in [-0.1, -0.05) is 31.5 Å². The van der Waals surface area contributed by atoms with E-state index in [1.54, 1.807) is 0 Å². The first-order chi connectivity index (χ1) is 9.29. The topological polar surface area (TPSA) is 50.4 Å². The predicted molar refractivity (Wildman–Crippen MR) is 76.3 cm³/mol. The molecule has 2 N–H and O–H groups in total. The average molecular weight is 262 g/mol. The van der Waals surface area contributed by atoms with E-state index < -0.39 is 0 Å². The molecule has 19 heavy (non-hydrogen) atoms. The number of rotatable bonds is 5. The van der Waals surface area contributed by atoms with Gasteiger partial charge in [-0.25, -0.2) is 0 Å². The maximum Gasteiger partial charge on any atom is 0.226 e. The van der Waals surface area contributed by atoms with Crippen LogP contribution in [0.25, 0.3) is 0 Å². The lowest BCUT2D eigenvalue weighted by Gasteiger charge is -2.23. The number of benzene rings is 1. The SMILES string of the molecule is CCCc1ccccc1NC(=O)CC1COCCN1. The Hall–Kier alpha value is -1.39. The lowest BCUT2D eigenvalue weighted by Crippen LogP contribution is -2.43. The highest BCUT2D eigenvalue weighted by Gasteiger charge is 2.17. The minimum absolute atomic E-state index is 0.0477. The molecule has 1 heterocycles. The number of hydrogen-bond donors (Lipinski definition) is 2. The molecular formula is C15H22N2O2. The van der Waals surface area contributed by atoms with Gasteiger partial charge in [0.15, 0.2) is 0 Å². The van der Waals surface area contributed by atoms with Gasteiger partial charge in [0.05, 0.1) is 13.2 Å². The molecule has 0 bridgehead atoms. The van der Waals surface area contributed by atoms with E-state index >= 15 is 0 Å². The second kappa shape index (κ2) is 7.26. The van der Waals surface area contributed by atoms with Gasteiger partial charge in [0, 0.05) is 24.7 Å². The van der Waals surface area contributed by atoms with Crippen molar-refractivity contribution in [2.75, 3.05) is 25.1 Å².